The van der Waals surface area contributed by atoms with Crippen molar-refractivity contribution in [2.75, 3.05) is 26.2 Å². The van der Waals surface area contributed by atoms with E-state index in [-0.39, 0.29) is 42.6 Å². The van der Waals surface area contributed by atoms with Gasteiger partial charge < -0.3 is 24.5 Å². The fourth-order valence-corrected chi connectivity index (χ4v) is 5.59. The normalized spacial score (nSPS) is 19.9. The van der Waals surface area contributed by atoms with Gasteiger partial charge in [0.25, 0.3) is 11.8 Å². The number of carbonyl (C=O) groups excluding carboxylic acids is 3. The van der Waals surface area contributed by atoms with Gasteiger partial charge in [0, 0.05) is 55.2 Å². The lowest BCUT2D eigenvalue weighted by Gasteiger charge is -2.39. The number of piperidine rings is 1. The molecule has 1 N–H and O–H groups in total. The Kier molecular flexibility index (Phi) is 8.07. The number of likely N-dealkylation sites (tertiary alicyclic amines) is 2. The van der Waals surface area contributed by atoms with E-state index in [0.717, 1.165) is 31.2 Å². The molecule has 0 bridgehead atoms. The van der Waals surface area contributed by atoms with Crippen molar-refractivity contribution in [1.82, 2.24) is 24.7 Å². The fraction of sp³-hybridized carbons (Fsp3) is 0.567. The van der Waals surface area contributed by atoms with Crippen LogP contribution >= 0.6 is 0 Å². The van der Waals surface area contributed by atoms with Gasteiger partial charge in [-0.2, -0.15) is 0 Å². The number of ether oxygens (including phenoxy) is 1. The van der Waals surface area contributed by atoms with Crippen LogP contribution in [-0.4, -0.2) is 97.6 Å². The van der Waals surface area contributed by atoms with E-state index in [4.69, 9.17) is 4.74 Å². The van der Waals surface area contributed by atoms with E-state index in [1.165, 1.54) is 0 Å². The summed E-state index contributed by atoms with van der Waals surface area (Å²) in [4.78, 5) is 53.2. The maximum atomic E-state index is 13.6. The molecule has 1 aliphatic carbocycles. The standard InChI is InChI=1S/C30H39N5O5/c1-30(2,3)40-29(39)33-15-12-24(13-16-33)35(23-10-11-23)28(38)22-17-31-26(32-18-22)20-6-8-21(9-7-20)27(37)34-14-4-5-25(34)19-36/h6-9,17-18,23-25,36H,4-5,10-16,19H2,1-3H3/t25-/m1/s1. The number of aromatic nitrogens is 2. The molecule has 1 aromatic carbocycles. The molecule has 5 rings (SSSR count). The summed E-state index contributed by atoms with van der Waals surface area (Å²) in [5.74, 6) is 0.324. The summed E-state index contributed by atoms with van der Waals surface area (Å²) < 4.78 is 5.51. The first-order valence-corrected chi connectivity index (χ1v) is 14.3. The first-order valence-electron chi connectivity index (χ1n) is 14.3. The van der Waals surface area contributed by atoms with Crippen LogP contribution in [0.2, 0.25) is 0 Å². The third-order valence-electron chi connectivity index (χ3n) is 7.82. The van der Waals surface area contributed by atoms with Crippen LogP contribution in [0.1, 0.15) is 80.0 Å². The monoisotopic (exact) mass is 549 g/mol. The first-order chi connectivity index (χ1) is 19.1. The van der Waals surface area contributed by atoms with E-state index in [2.05, 4.69) is 9.97 Å². The van der Waals surface area contributed by atoms with E-state index >= 15 is 0 Å². The molecule has 3 aliphatic rings. The lowest BCUT2D eigenvalue weighted by atomic mass is 10.0. The first kappa shape index (κ1) is 28.0. The molecule has 2 saturated heterocycles. The fourth-order valence-electron chi connectivity index (χ4n) is 5.59. The van der Waals surface area contributed by atoms with E-state index in [1.807, 2.05) is 37.8 Å². The molecule has 1 saturated carbocycles. The highest BCUT2D eigenvalue weighted by Crippen LogP contribution is 2.33. The Hall–Kier alpha value is -3.53. The molecule has 10 nitrogen and oxygen atoms in total. The molecule has 40 heavy (non-hydrogen) atoms. The Morgan fingerprint density at radius 1 is 0.925 bits per heavy atom. The number of aliphatic hydroxyl groups excluding tert-OH is 1. The van der Waals surface area contributed by atoms with Crippen LogP contribution in [0.15, 0.2) is 36.7 Å². The van der Waals surface area contributed by atoms with Gasteiger partial charge in [0.1, 0.15) is 5.60 Å². The molecule has 214 valence electrons. The lowest BCUT2D eigenvalue weighted by molar-refractivity contribution is 0.0142. The molecule has 3 fully saturated rings. The number of benzene rings is 1. The summed E-state index contributed by atoms with van der Waals surface area (Å²) in [5.41, 5.74) is 1.23. The van der Waals surface area contributed by atoms with Gasteiger partial charge in [0.15, 0.2) is 5.82 Å². The summed E-state index contributed by atoms with van der Waals surface area (Å²) in [5, 5.41) is 9.54. The van der Waals surface area contributed by atoms with Crippen molar-refractivity contribution in [2.45, 2.75) is 83.0 Å². The van der Waals surface area contributed by atoms with E-state index < -0.39 is 5.60 Å². The second-order valence-corrected chi connectivity index (χ2v) is 12.0. The minimum atomic E-state index is -0.535. The summed E-state index contributed by atoms with van der Waals surface area (Å²) in [6.07, 6.45) is 7.96. The highest BCUT2D eigenvalue weighted by atomic mass is 16.6. The SMILES string of the molecule is CC(C)(C)OC(=O)N1CCC(N(C(=O)c2cnc(-c3ccc(C(=O)N4CCC[C@@H]4CO)cc3)nc2)C2CC2)CC1. The number of carbonyl (C=O) groups is 3. The van der Waals surface area contributed by atoms with Crippen molar-refractivity contribution in [2.24, 2.45) is 0 Å². The zero-order valence-electron chi connectivity index (χ0n) is 23.6. The maximum Gasteiger partial charge on any atom is 0.410 e. The van der Waals surface area contributed by atoms with Gasteiger partial charge in [-0.25, -0.2) is 14.8 Å². The van der Waals surface area contributed by atoms with Gasteiger partial charge in [0.05, 0.1) is 18.2 Å². The molecule has 2 aromatic rings. The van der Waals surface area contributed by atoms with Gasteiger partial charge in [0.2, 0.25) is 0 Å². The molecule has 2 aliphatic heterocycles. The predicted molar refractivity (Wildman–Crippen MR) is 149 cm³/mol. The van der Waals surface area contributed by atoms with Gasteiger partial charge in [-0.3, -0.25) is 9.59 Å². The van der Waals surface area contributed by atoms with Crippen LogP contribution in [0, 0.1) is 0 Å². The Morgan fingerprint density at radius 2 is 1.55 bits per heavy atom. The summed E-state index contributed by atoms with van der Waals surface area (Å²) in [6.45, 7) is 7.33. The largest absolute Gasteiger partial charge is 0.444 e. The van der Waals surface area contributed by atoms with Crippen molar-refractivity contribution >= 4 is 17.9 Å². The molecule has 1 atom stereocenters. The van der Waals surface area contributed by atoms with Gasteiger partial charge in [-0.1, -0.05) is 12.1 Å². The highest BCUT2D eigenvalue weighted by molar-refractivity contribution is 5.95. The number of nitrogens with zero attached hydrogens (tertiary/aromatic N) is 5. The average Bonchev–Trinajstić information content (AvgIpc) is 3.66. The van der Waals surface area contributed by atoms with E-state index in [9.17, 15) is 19.5 Å². The molecule has 0 radical (unpaired) electrons. The van der Waals surface area contributed by atoms with Crippen molar-refractivity contribution in [3.63, 3.8) is 0 Å². The smallest absolute Gasteiger partial charge is 0.410 e. The quantitative estimate of drug-likeness (QED) is 0.583. The van der Waals surface area contributed by atoms with Crippen molar-refractivity contribution in [1.29, 1.82) is 0 Å². The molecular weight excluding hydrogens is 510 g/mol. The molecule has 3 amide bonds. The van der Waals surface area contributed by atoms with Gasteiger partial charge in [-0.05, 0) is 71.4 Å². The third-order valence-corrected chi connectivity index (χ3v) is 7.82. The van der Waals surface area contributed by atoms with Crippen molar-refractivity contribution in [3.8, 4) is 11.4 Å². The predicted octanol–water partition coefficient (Wildman–Crippen LogP) is 3.74. The zero-order valence-corrected chi connectivity index (χ0v) is 23.6. The Morgan fingerprint density at radius 3 is 2.12 bits per heavy atom. The molecule has 3 heterocycles. The minimum absolute atomic E-state index is 0.0216. The van der Waals surface area contributed by atoms with Crippen LogP contribution in [0.25, 0.3) is 11.4 Å². The summed E-state index contributed by atoms with van der Waals surface area (Å²) >= 11 is 0. The maximum absolute atomic E-state index is 13.6. The van der Waals surface area contributed by atoms with Crippen LogP contribution < -0.4 is 0 Å². The summed E-state index contributed by atoms with van der Waals surface area (Å²) in [7, 11) is 0. The lowest BCUT2D eigenvalue weighted by Crippen LogP contribution is -2.50. The minimum Gasteiger partial charge on any atom is -0.444 e. The third kappa shape index (κ3) is 6.27. The van der Waals surface area contributed by atoms with E-state index in [1.54, 1.807) is 34.3 Å². The molecule has 0 unspecified atom stereocenters. The number of aliphatic hydroxyl groups is 1. The number of amides is 3. The molecule has 0 spiro atoms. The summed E-state index contributed by atoms with van der Waals surface area (Å²) in [6, 6.07) is 7.29. The zero-order chi connectivity index (χ0) is 28.4. The van der Waals surface area contributed by atoms with E-state index in [0.29, 0.717) is 49.4 Å². The van der Waals surface area contributed by atoms with Crippen LogP contribution in [0.3, 0.4) is 0 Å². The van der Waals surface area contributed by atoms with Crippen LogP contribution in [0.5, 0.6) is 0 Å². The van der Waals surface area contributed by atoms with Crippen molar-refractivity contribution in [3.05, 3.63) is 47.8 Å². The Bertz CT molecular complexity index is 1210. The average molecular weight is 550 g/mol. The second-order valence-electron chi connectivity index (χ2n) is 12.0. The number of hydrogen-bond donors (Lipinski definition) is 1. The Labute approximate surface area is 235 Å². The van der Waals surface area contributed by atoms with Crippen LogP contribution in [-0.2, 0) is 4.74 Å². The Balaban J connectivity index is 1.22. The van der Waals surface area contributed by atoms with Gasteiger partial charge >= 0.3 is 6.09 Å². The molecule has 1 aromatic heterocycles. The number of rotatable bonds is 6. The molecule has 10 heteroatoms. The second kappa shape index (κ2) is 11.5. The highest BCUT2D eigenvalue weighted by Gasteiger charge is 2.40. The number of hydrogen-bond acceptors (Lipinski definition) is 7. The topological polar surface area (TPSA) is 116 Å². The molecular formula is C30H39N5O5. The van der Waals surface area contributed by atoms with Crippen molar-refractivity contribution < 1.29 is 24.2 Å². The van der Waals surface area contributed by atoms with Gasteiger partial charge in [-0.15, -0.1) is 0 Å². The van der Waals surface area contributed by atoms with Crippen LogP contribution in [0.4, 0.5) is 4.79 Å².